The first-order valence-electron chi connectivity index (χ1n) is 9.42. The van der Waals surface area contributed by atoms with Gasteiger partial charge in [-0.2, -0.15) is 0 Å². The number of hydrogen-bond acceptors (Lipinski definition) is 2. The Labute approximate surface area is 164 Å². The van der Waals surface area contributed by atoms with Gasteiger partial charge in [-0.3, -0.25) is 0 Å². The largest absolute Gasteiger partial charge is 0.345 e. The molecule has 0 aliphatic carbocycles. The van der Waals surface area contributed by atoms with Gasteiger partial charge < -0.3 is 9.47 Å². The predicted octanol–water partition coefficient (Wildman–Crippen LogP) is 5.86. The van der Waals surface area contributed by atoms with Gasteiger partial charge in [-0.05, 0) is 40.8 Å². The maximum Gasteiger partial charge on any atom is 0.174 e. The van der Waals surface area contributed by atoms with E-state index in [1.54, 1.807) is 0 Å². The smallest absolute Gasteiger partial charge is 0.174 e. The lowest BCUT2D eigenvalue weighted by atomic mass is 9.83. The standard InChI is InChI=1S/C24H21ClO2/c25-22-12-11-18-16-23(26-17-19(18)15-22)13-14-24(27-23,20-7-3-1-4-8-20)21-9-5-2-6-10-21/h1-12,15H,13-14,16-17H2/t23-/m1/s1. The Hall–Kier alpha value is -2.13. The minimum absolute atomic E-state index is 0.480. The van der Waals surface area contributed by atoms with Crippen molar-refractivity contribution in [3.63, 3.8) is 0 Å². The van der Waals surface area contributed by atoms with Crippen molar-refractivity contribution in [3.05, 3.63) is 106 Å². The fourth-order valence-electron chi connectivity index (χ4n) is 4.45. The van der Waals surface area contributed by atoms with Crippen LogP contribution in [0.3, 0.4) is 0 Å². The molecule has 1 saturated heterocycles. The molecule has 2 aliphatic heterocycles. The Morgan fingerprint density at radius 3 is 2.07 bits per heavy atom. The normalized spacial score (nSPS) is 23.3. The molecule has 5 rings (SSSR count). The Morgan fingerprint density at radius 1 is 0.741 bits per heavy atom. The highest BCUT2D eigenvalue weighted by Gasteiger charge is 2.53. The summed E-state index contributed by atoms with van der Waals surface area (Å²) < 4.78 is 13.2. The van der Waals surface area contributed by atoms with Gasteiger partial charge in [0.05, 0.1) is 6.61 Å². The molecular weight excluding hydrogens is 356 g/mol. The summed E-state index contributed by atoms with van der Waals surface area (Å²) in [5, 5.41) is 0.753. The topological polar surface area (TPSA) is 18.5 Å². The van der Waals surface area contributed by atoms with E-state index < -0.39 is 11.4 Å². The number of hydrogen-bond donors (Lipinski definition) is 0. The van der Waals surface area contributed by atoms with Gasteiger partial charge in [0.1, 0.15) is 5.60 Å². The molecule has 0 N–H and O–H groups in total. The quantitative estimate of drug-likeness (QED) is 0.557. The van der Waals surface area contributed by atoms with Crippen LogP contribution < -0.4 is 0 Å². The lowest BCUT2D eigenvalue weighted by molar-refractivity contribution is -0.257. The Balaban J connectivity index is 1.55. The summed E-state index contributed by atoms with van der Waals surface area (Å²) in [6.07, 6.45) is 2.50. The summed E-state index contributed by atoms with van der Waals surface area (Å²) in [5.74, 6) is -0.591. The van der Waals surface area contributed by atoms with E-state index in [9.17, 15) is 0 Å². The molecule has 1 fully saturated rings. The molecule has 3 aromatic rings. The number of halogens is 1. The van der Waals surface area contributed by atoms with Crippen molar-refractivity contribution in [2.24, 2.45) is 0 Å². The zero-order valence-electron chi connectivity index (χ0n) is 15.0. The fraction of sp³-hybridized carbons (Fsp3) is 0.250. The summed E-state index contributed by atoms with van der Waals surface area (Å²) in [4.78, 5) is 0. The van der Waals surface area contributed by atoms with E-state index in [1.165, 1.54) is 16.7 Å². The van der Waals surface area contributed by atoms with Gasteiger partial charge in [-0.15, -0.1) is 0 Å². The molecule has 2 heterocycles. The lowest BCUT2D eigenvalue weighted by Gasteiger charge is -2.38. The van der Waals surface area contributed by atoms with Crippen LogP contribution in [0.1, 0.15) is 35.1 Å². The predicted molar refractivity (Wildman–Crippen MR) is 107 cm³/mol. The van der Waals surface area contributed by atoms with Crippen LogP contribution in [0.5, 0.6) is 0 Å². The summed E-state index contributed by atoms with van der Waals surface area (Å²) in [6, 6.07) is 27.1. The third kappa shape index (κ3) is 2.89. The van der Waals surface area contributed by atoms with Crippen LogP contribution in [0.2, 0.25) is 5.02 Å². The molecule has 2 aliphatic rings. The number of fused-ring (bicyclic) bond motifs is 1. The Bertz CT molecular complexity index is 915. The van der Waals surface area contributed by atoms with Gasteiger partial charge in [-0.1, -0.05) is 78.3 Å². The Morgan fingerprint density at radius 2 is 1.41 bits per heavy atom. The first-order valence-corrected chi connectivity index (χ1v) is 9.80. The average molecular weight is 377 g/mol. The second-order valence-electron chi connectivity index (χ2n) is 7.45. The van der Waals surface area contributed by atoms with Crippen LogP contribution in [-0.2, 0) is 28.1 Å². The molecule has 2 nitrogen and oxygen atoms in total. The van der Waals surface area contributed by atoms with Crippen LogP contribution in [0, 0.1) is 0 Å². The van der Waals surface area contributed by atoms with E-state index in [4.69, 9.17) is 21.1 Å². The third-order valence-corrected chi connectivity index (χ3v) is 6.05. The zero-order chi connectivity index (χ0) is 18.3. The van der Waals surface area contributed by atoms with Crippen molar-refractivity contribution in [3.8, 4) is 0 Å². The number of benzene rings is 3. The second-order valence-corrected chi connectivity index (χ2v) is 7.89. The zero-order valence-corrected chi connectivity index (χ0v) is 15.8. The molecule has 0 aromatic heterocycles. The molecule has 1 spiro atoms. The lowest BCUT2D eigenvalue weighted by Crippen LogP contribution is -2.41. The van der Waals surface area contributed by atoms with Gasteiger partial charge in [0.15, 0.2) is 5.79 Å². The van der Waals surface area contributed by atoms with Crippen molar-refractivity contribution in [2.45, 2.75) is 37.3 Å². The van der Waals surface area contributed by atoms with Gasteiger partial charge in [0, 0.05) is 17.9 Å². The van der Waals surface area contributed by atoms with Crippen molar-refractivity contribution >= 4 is 11.6 Å². The minimum Gasteiger partial charge on any atom is -0.345 e. The third-order valence-electron chi connectivity index (χ3n) is 5.82. The average Bonchev–Trinajstić information content (AvgIpc) is 3.10. The SMILES string of the molecule is Clc1ccc2c(c1)CO[C@@]1(CCC(c3ccccc3)(c3ccccc3)O1)C2. The Kier molecular flexibility index (Phi) is 4.08. The maximum atomic E-state index is 6.88. The molecule has 3 aromatic carbocycles. The molecule has 136 valence electrons. The molecule has 0 radical (unpaired) electrons. The summed E-state index contributed by atoms with van der Waals surface area (Å²) in [6.45, 7) is 0.537. The minimum atomic E-state index is -0.591. The van der Waals surface area contributed by atoms with Crippen molar-refractivity contribution in [1.82, 2.24) is 0 Å². The highest BCUT2D eigenvalue weighted by atomic mass is 35.5. The van der Waals surface area contributed by atoms with E-state index in [0.717, 1.165) is 29.8 Å². The molecule has 0 unspecified atom stereocenters. The number of ether oxygens (including phenoxy) is 2. The summed E-state index contributed by atoms with van der Waals surface area (Å²) in [5.41, 5.74) is 4.31. The van der Waals surface area contributed by atoms with Gasteiger partial charge in [-0.25, -0.2) is 0 Å². The highest BCUT2D eigenvalue weighted by Crippen LogP contribution is 2.52. The van der Waals surface area contributed by atoms with Crippen LogP contribution in [0.4, 0.5) is 0 Å². The summed E-state index contributed by atoms with van der Waals surface area (Å²) in [7, 11) is 0. The fourth-order valence-corrected chi connectivity index (χ4v) is 4.65. The van der Waals surface area contributed by atoms with Crippen LogP contribution >= 0.6 is 11.6 Å². The van der Waals surface area contributed by atoms with Crippen LogP contribution in [-0.4, -0.2) is 5.79 Å². The van der Waals surface area contributed by atoms with Crippen molar-refractivity contribution < 1.29 is 9.47 Å². The van der Waals surface area contributed by atoms with Gasteiger partial charge >= 0.3 is 0 Å². The van der Waals surface area contributed by atoms with E-state index in [-0.39, 0.29) is 0 Å². The molecule has 0 bridgehead atoms. The first kappa shape index (κ1) is 17.0. The van der Waals surface area contributed by atoms with Crippen molar-refractivity contribution in [2.75, 3.05) is 0 Å². The molecule has 0 amide bonds. The second kappa shape index (κ2) is 6.49. The highest BCUT2D eigenvalue weighted by molar-refractivity contribution is 6.30. The molecule has 1 atom stereocenters. The summed E-state index contributed by atoms with van der Waals surface area (Å²) >= 11 is 6.15. The van der Waals surface area contributed by atoms with Gasteiger partial charge in [0.25, 0.3) is 0 Å². The molecule has 0 saturated carbocycles. The molecular formula is C24H21ClO2. The van der Waals surface area contributed by atoms with E-state index in [0.29, 0.717) is 6.61 Å². The van der Waals surface area contributed by atoms with Gasteiger partial charge in [0.2, 0.25) is 0 Å². The molecule has 27 heavy (non-hydrogen) atoms. The number of rotatable bonds is 2. The van der Waals surface area contributed by atoms with E-state index in [1.807, 2.05) is 24.3 Å². The first-order chi connectivity index (χ1) is 13.2. The van der Waals surface area contributed by atoms with E-state index in [2.05, 4.69) is 54.6 Å². The van der Waals surface area contributed by atoms with Crippen LogP contribution in [0.15, 0.2) is 78.9 Å². The van der Waals surface area contributed by atoms with Crippen molar-refractivity contribution in [1.29, 1.82) is 0 Å². The monoisotopic (exact) mass is 376 g/mol. The molecule has 3 heteroatoms. The van der Waals surface area contributed by atoms with E-state index >= 15 is 0 Å². The van der Waals surface area contributed by atoms with Crippen LogP contribution in [0.25, 0.3) is 0 Å². The maximum absolute atomic E-state index is 6.88.